The van der Waals surface area contributed by atoms with E-state index in [9.17, 15) is 23.8 Å². The molecule has 0 saturated carbocycles. The smallest absolute Gasteiger partial charge is 0.387 e. The number of hydrogen-bond acceptors (Lipinski definition) is 6. The predicted molar refractivity (Wildman–Crippen MR) is 134 cm³/mol. The SMILES string of the molecule is CCC(c1nc2ccc(C#CC(O)CC(C)(C)O)cc2n1-c1c(C=O)cccc1OC(F)F)N(C)C. The second-order valence-electron chi connectivity index (χ2n) is 9.39. The lowest BCUT2D eigenvalue weighted by Gasteiger charge is -2.25. The Bertz CT molecular complexity index is 1290. The molecule has 2 aromatic carbocycles. The van der Waals surface area contributed by atoms with Gasteiger partial charge in [0.05, 0.1) is 22.7 Å². The van der Waals surface area contributed by atoms with E-state index in [-0.39, 0.29) is 29.5 Å². The van der Waals surface area contributed by atoms with Crippen LogP contribution >= 0.6 is 0 Å². The number of ether oxygens (including phenoxy) is 1. The minimum Gasteiger partial charge on any atom is -0.433 e. The van der Waals surface area contributed by atoms with Crippen LogP contribution in [0.3, 0.4) is 0 Å². The number of para-hydroxylation sites is 1. The summed E-state index contributed by atoms with van der Waals surface area (Å²) in [5, 5.41) is 20.1. The van der Waals surface area contributed by atoms with Crippen molar-refractivity contribution < 1.29 is 28.5 Å². The molecule has 2 N–H and O–H groups in total. The third-order valence-corrected chi connectivity index (χ3v) is 5.66. The molecule has 0 spiro atoms. The van der Waals surface area contributed by atoms with Crippen LogP contribution in [0, 0.1) is 11.8 Å². The molecule has 0 aliphatic heterocycles. The van der Waals surface area contributed by atoms with Crippen molar-refractivity contribution >= 4 is 17.3 Å². The first-order valence-electron chi connectivity index (χ1n) is 11.6. The summed E-state index contributed by atoms with van der Waals surface area (Å²) in [6.07, 6.45) is 0.296. The van der Waals surface area contributed by atoms with E-state index in [4.69, 9.17) is 9.72 Å². The van der Waals surface area contributed by atoms with Crippen LogP contribution in [0.1, 0.15) is 61.4 Å². The summed E-state index contributed by atoms with van der Waals surface area (Å²) >= 11 is 0. The Labute approximate surface area is 209 Å². The van der Waals surface area contributed by atoms with Crippen LogP contribution in [-0.2, 0) is 0 Å². The first-order valence-corrected chi connectivity index (χ1v) is 11.6. The normalized spacial score (nSPS) is 13.5. The number of fused-ring (bicyclic) bond motifs is 1. The quantitative estimate of drug-likeness (QED) is 0.337. The lowest BCUT2D eigenvalue weighted by atomic mass is 10.0. The van der Waals surface area contributed by atoms with Gasteiger partial charge in [0.25, 0.3) is 0 Å². The molecule has 0 radical (unpaired) electrons. The maximum absolute atomic E-state index is 13.3. The number of aliphatic hydroxyl groups is 2. The number of aldehydes is 1. The number of benzene rings is 2. The second kappa shape index (κ2) is 11.2. The van der Waals surface area contributed by atoms with Crippen LogP contribution < -0.4 is 4.74 Å². The molecule has 1 aromatic heterocycles. The predicted octanol–water partition coefficient (Wildman–Crippen LogP) is 4.33. The molecule has 9 heteroatoms. The molecule has 0 fully saturated rings. The first kappa shape index (κ1) is 27.3. The van der Waals surface area contributed by atoms with Gasteiger partial charge in [-0.15, -0.1) is 0 Å². The molecule has 36 heavy (non-hydrogen) atoms. The van der Waals surface area contributed by atoms with Gasteiger partial charge in [-0.05, 0) is 64.7 Å². The standard InChI is InChI=1S/C27H31F2N3O4/c1-6-21(31(4)5)25-30-20-13-11-17(10-12-19(34)15-27(2,3)35)14-22(20)32(25)24-18(16-33)8-7-9-23(24)36-26(28)29/h7-9,11,13-14,16,19,21,26,34-35H,6,15H2,1-5H3. The summed E-state index contributed by atoms with van der Waals surface area (Å²) in [5.41, 5.74) is 0.922. The zero-order valence-electron chi connectivity index (χ0n) is 21.0. The third-order valence-electron chi connectivity index (χ3n) is 5.66. The van der Waals surface area contributed by atoms with Gasteiger partial charge in [0.15, 0.2) is 12.0 Å². The Kier molecular flexibility index (Phi) is 8.46. The first-order chi connectivity index (χ1) is 16.9. The van der Waals surface area contributed by atoms with E-state index < -0.39 is 18.3 Å². The number of aliphatic hydroxyl groups excluding tert-OH is 1. The highest BCUT2D eigenvalue weighted by Gasteiger charge is 2.26. The van der Waals surface area contributed by atoms with E-state index in [1.165, 1.54) is 18.2 Å². The van der Waals surface area contributed by atoms with Crippen LogP contribution in [0.5, 0.6) is 5.75 Å². The van der Waals surface area contributed by atoms with Gasteiger partial charge in [0.1, 0.15) is 17.6 Å². The molecule has 0 amide bonds. The van der Waals surface area contributed by atoms with Crippen molar-refractivity contribution in [3.05, 3.63) is 53.3 Å². The minimum atomic E-state index is -3.08. The Hall–Kier alpha value is -3.32. The average molecular weight is 500 g/mol. The molecule has 0 aliphatic carbocycles. The van der Waals surface area contributed by atoms with E-state index in [1.54, 1.807) is 36.6 Å². The minimum absolute atomic E-state index is 0.0758. The van der Waals surface area contributed by atoms with Gasteiger partial charge < -0.3 is 14.9 Å². The number of hydrogen-bond donors (Lipinski definition) is 2. The number of alkyl halides is 2. The van der Waals surface area contributed by atoms with Crippen LogP contribution in [-0.4, -0.2) is 63.4 Å². The molecular weight excluding hydrogens is 468 g/mol. The Morgan fingerprint density at radius 1 is 1.25 bits per heavy atom. The van der Waals surface area contributed by atoms with Crippen molar-refractivity contribution in [2.75, 3.05) is 14.1 Å². The lowest BCUT2D eigenvalue weighted by Crippen LogP contribution is -2.25. The van der Waals surface area contributed by atoms with E-state index in [0.29, 0.717) is 35.1 Å². The monoisotopic (exact) mass is 499 g/mol. The number of rotatable bonds is 9. The van der Waals surface area contributed by atoms with Crippen molar-refractivity contribution in [3.8, 4) is 23.3 Å². The highest BCUT2D eigenvalue weighted by atomic mass is 19.3. The van der Waals surface area contributed by atoms with Crippen molar-refractivity contribution in [1.82, 2.24) is 14.5 Å². The molecule has 7 nitrogen and oxygen atoms in total. The van der Waals surface area contributed by atoms with Gasteiger partial charge >= 0.3 is 6.61 Å². The van der Waals surface area contributed by atoms with Crippen molar-refractivity contribution in [2.24, 2.45) is 0 Å². The van der Waals surface area contributed by atoms with Gasteiger partial charge in [-0.25, -0.2) is 4.98 Å². The fraction of sp³-hybridized carbons (Fsp3) is 0.407. The Morgan fingerprint density at radius 2 is 1.97 bits per heavy atom. The van der Waals surface area contributed by atoms with Gasteiger partial charge in [0.2, 0.25) is 0 Å². The van der Waals surface area contributed by atoms with E-state index in [1.807, 2.05) is 25.9 Å². The maximum Gasteiger partial charge on any atom is 0.387 e. The summed E-state index contributed by atoms with van der Waals surface area (Å²) in [7, 11) is 3.78. The van der Waals surface area contributed by atoms with Crippen molar-refractivity contribution in [3.63, 3.8) is 0 Å². The average Bonchev–Trinajstić information content (AvgIpc) is 3.14. The number of aromatic nitrogens is 2. The van der Waals surface area contributed by atoms with Crippen LogP contribution in [0.15, 0.2) is 36.4 Å². The zero-order chi connectivity index (χ0) is 26.6. The van der Waals surface area contributed by atoms with Gasteiger partial charge in [0, 0.05) is 17.5 Å². The molecule has 0 saturated heterocycles. The molecule has 2 atom stereocenters. The van der Waals surface area contributed by atoms with E-state index in [2.05, 4.69) is 11.8 Å². The molecule has 3 aromatic rings. The molecule has 0 aliphatic rings. The zero-order valence-corrected chi connectivity index (χ0v) is 21.0. The van der Waals surface area contributed by atoms with E-state index in [0.717, 1.165) is 0 Å². The number of imidazole rings is 1. The van der Waals surface area contributed by atoms with Crippen molar-refractivity contribution in [2.45, 2.75) is 58.0 Å². The Balaban J connectivity index is 2.29. The van der Waals surface area contributed by atoms with E-state index >= 15 is 0 Å². The number of nitrogens with zero attached hydrogens (tertiary/aromatic N) is 3. The van der Waals surface area contributed by atoms with Crippen molar-refractivity contribution in [1.29, 1.82) is 0 Å². The summed E-state index contributed by atoms with van der Waals surface area (Å²) in [6, 6.07) is 9.42. The van der Waals surface area contributed by atoms with Crippen LogP contribution in [0.25, 0.3) is 16.7 Å². The lowest BCUT2D eigenvalue weighted by molar-refractivity contribution is -0.0499. The molecule has 192 valence electrons. The summed E-state index contributed by atoms with van der Waals surface area (Å²) in [5.74, 6) is 6.03. The largest absolute Gasteiger partial charge is 0.433 e. The molecule has 0 bridgehead atoms. The maximum atomic E-state index is 13.3. The highest BCUT2D eigenvalue weighted by Crippen LogP contribution is 2.36. The van der Waals surface area contributed by atoms with Gasteiger partial charge in [-0.1, -0.05) is 24.8 Å². The molecule has 2 unspecified atom stereocenters. The fourth-order valence-corrected chi connectivity index (χ4v) is 4.16. The van der Waals surface area contributed by atoms with Crippen LogP contribution in [0.4, 0.5) is 8.78 Å². The highest BCUT2D eigenvalue weighted by molar-refractivity contribution is 5.87. The summed E-state index contributed by atoms with van der Waals surface area (Å²) in [6.45, 7) is 2.07. The molecule has 1 heterocycles. The summed E-state index contributed by atoms with van der Waals surface area (Å²) in [4.78, 5) is 18.7. The third kappa shape index (κ3) is 6.26. The Morgan fingerprint density at radius 3 is 2.56 bits per heavy atom. The van der Waals surface area contributed by atoms with Gasteiger partial charge in [-0.2, -0.15) is 8.78 Å². The number of carbonyl (C=O) groups excluding carboxylic acids is 1. The summed E-state index contributed by atoms with van der Waals surface area (Å²) < 4.78 is 33.1. The molecular formula is C27H31F2N3O4. The molecule has 3 rings (SSSR count). The number of carbonyl (C=O) groups is 1. The van der Waals surface area contributed by atoms with Crippen LogP contribution in [0.2, 0.25) is 0 Å². The second-order valence-corrected chi connectivity index (χ2v) is 9.39. The number of halogens is 2. The topological polar surface area (TPSA) is 87.8 Å². The van der Waals surface area contributed by atoms with Gasteiger partial charge in [-0.3, -0.25) is 14.3 Å². The fourth-order valence-electron chi connectivity index (χ4n) is 4.16.